The van der Waals surface area contributed by atoms with Crippen molar-refractivity contribution in [2.24, 2.45) is 5.90 Å². The second kappa shape index (κ2) is 14.2. The minimum Gasteiger partial charge on any atom is -0.394 e. The maximum atomic E-state index is 11.1. The molecule has 9 atom stereocenters. The molecule has 1 fully saturated rings. The minimum absolute atomic E-state index is 0.0587. The maximum absolute atomic E-state index is 11.1. The van der Waals surface area contributed by atoms with Gasteiger partial charge in [0.05, 0.1) is 38.7 Å². The summed E-state index contributed by atoms with van der Waals surface area (Å²) >= 11 is 0. The number of hydrogen-bond acceptors (Lipinski definition) is 13. The average molecular weight is 495 g/mol. The van der Waals surface area contributed by atoms with Gasteiger partial charge in [-0.1, -0.05) is 0 Å². The molecule has 1 rings (SSSR count). The third-order valence-electron chi connectivity index (χ3n) is 4.69. The van der Waals surface area contributed by atoms with Crippen LogP contribution in [0.1, 0.15) is 13.3 Å². The van der Waals surface area contributed by atoms with Crippen LogP contribution in [0.5, 0.6) is 0 Å². The SMILES string of the molecule is C[C@@H](O[C@H]1OC(CCP(=O)(O)O)[C@@H](O)C(O)[C@H]1O)[C@@H](OCCON)OC(CO)[C@@H](O)CO. The van der Waals surface area contributed by atoms with Crippen LogP contribution in [0.15, 0.2) is 0 Å². The summed E-state index contributed by atoms with van der Waals surface area (Å²) < 4.78 is 32.9. The molecule has 0 saturated carbocycles. The van der Waals surface area contributed by atoms with Crippen molar-refractivity contribution in [2.45, 2.75) is 68.7 Å². The van der Waals surface area contributed by atoms with E-state index in [-0.39, 0.29) is 19.6 Å². The van der Waals surface area contributed by atoms with Crippen LogP contribution in [0.3, 0.4) is 0 Å². The second-order valence-electron chi connectivity index (χ2n) is 7.25. The summed E-state index contributed by atoms with van der Waals surface area (Å²) in [5, 5.41) is 58.6. The summed E-state index contributed by atoms with van der Waals surface area (Å²) in [4.78, 5) is 22.4. The Balaban J connectivity index is 2.89. The van der Waals surface area contributed by atoms with E-state index in [1.165, 1.54) is 6.92 Å². The van der Waals surface area contributed by atoms with Gasteiger partial charge in [-0.2, -0.15) is 0 Å². The summed E-state index contributed by atoms with van der Waals surface area (Å²) in [5.41, 5.74) is 0. The molecule has 0 aromatic carbocycles. The molecule has 3 unspecified atom stereocenters. The quantitative estimate of drug-likeness (QED) is 0.0451. The van der Waals surface area contributed by atoms with Gasteiger partial charge < -0.3 is 64.2 Å². The normalized spacial score (nSPS) is 30.6. The number of rotatable bonds is 15. The lowest BCUT2D eigenvalue weighted by Crippen LogP contribution is -2.59. The molecule has 1 aliphatic rings. The molecule has 0 bridgehead atoms. The second-order valence-corrected chi connectivity index (χ2v) is 9.03. The van der Waals surface area contributed by atoms with Crippen LogP contribution in [0, 0.1) is 0 Å². The third-order valence-corrected chi connectivity index (χ3v) is 5.53. The molecule has 10 N–H and O–H groups in total. The summed E-state index contributed by atoms with van der Waals surface area (Å²) in [7, 11) is -4.41. The summed E-state index contributed by atoms with van der Waals surface area (Å²) in [6.07, 6.45) is -14.0. The average Bonchev–Trinajstić information content (AvgIpc) is 2.74. The van der Waals surface area contributed by atoms with Crippen LogP contribution in [0.2, 0.25) is 0 Å². The zero-order valence-electron chi connectivity index (χ0n) is 17.5. The summed E-state index contributed by atoms with van der Waals surface area (Å²) in [5.74, 6) is 4.93. The van der Waals surface area contributed by atoms with Crippen LogP contribution in [0.25, 0.3) is 0 Å². The van der Waals surface area contributed by atoms with Crippen molar-refractivity contribution in [2.75, 3.05) is 32.6 Å². The highest BCUT2D eigenvalue weighted by molar-refractivity contribution is 7.51. The summed E-state index contributed by atoms with van der Waals surface area (Å²) in [6.45, 7) is -0.153. The first kappa shape index (κ1) is 29.7. The molecule has 32 heavy (non-hydrogen) atoms. The van der Waals surface area contributed by atoms with Gasteiger partial charge in [-0.05, 0) is 13.3 Å². The van der Waals surface area contributed by atoms with E-state index in [4.69, 9.17) is 39.7 Å². The Morgan fingerprint density at radius 1 is 1.06 bits per heavy atom. The molecule has 1 saturated heterocycles. The molecule has 0 amide bonds. The minimum atomic E-state index is -4.41. The Morgan fingerprint density at radius 3 is 2.25 bits per heavy atom. The van der Waals surface area contributed by atoms with Gasteiger partial charge >= 0.3 is 7.60 Å². The Bertz CT molecular complexity index is 567. The smallest absolute Gasteiger partial charge is 0.325 e. The van der Waals surface area contributed by atoms with Gasteiger partial charge in [0.2, 0.25) is 0 Å². The Kier molecular flexibility index (Phi) is 13.1. The number of ether oxygens (including phenoxy) is 4. The standard InChI is InChI=1S/C16H34NO14P/c1-8(15(27-3-4-28-17)31-11(7-19)9(20)6-18)29-16-14(23)13(22)12(21)10(30-16)2-5-32(24,25)26/h8-16,18-23H,2-7,17H2,1H3,(H2,24,25,26)/t8-,9+,10?,11?,12-,13?,14-,15+,16+/m1/s1. The van der Waals surface area contributed by atoms with Crippen LogP contribution in [-0.2, 0) is 28.4 Å². The monoisotopic (exact) mass is 495 g/mol. The van der Waals surface area contributed by atoms with Crippen molar-refractivity contribution >= 4 is 7.60 Å². The van der Waals surface area contributed by atoms with Crippen LogP contribution in [0.4, 0.5) is 0 Å². The Morgan fingerprint density at radius 2 is 1.72 bits per heavy atom. The van der Waals surface area contributed by atoms with Gasteiger partial charge in [0, 0.05) is 0 Å². The molecule has 1 heterocycles. The lowest BCUT2D eigenvalue weighted by atomic mass is 9.97. The van der Waals surface area contributed by atoms with E-state index in [9.17, 15) is 30.1 Å². The zero-order valence-corrected chi connectivity index (χ0v) is 18.4. The molecule has 16 heteroatoms. The molecular formula is C16H34NO14P. The van der Waals surface area contributed by atoms with E-state index in [2.05, 4.69) is 4.84 Å². The van der Waals surface area contributed by atoms with E-state index >= 15 is 0 Å². The van der Waals surface area contributed by atoms with Crippen LogP contribution >= 0.6 is 7.60 Å². The predicted octanol–water partition coefficient (Wildman–Crippen LogP) is -4.27. The van der Waals surface area contributed by atoms with Gasteiger partial charge in [-0.15, -0.1) is 0 Å². The molecule has 0 aromatic heterocycles. The van der Waals surface area contributed by atoms with E-state index < -0.39 is 82.3 Å². The number of hydrogen-bond donors (Lipinski definition) is 9. The van der Waals surface area contributed by atoms with E-state index in [1.807, 2.05) is 0 Å². The van der Waals surface area contributed by atoms with Crippen molar-refractivity contribution < 1.29 is 68.8 Å². The van der Waals surface area contributed by atoms with Gasteiger partial charge in [0.1, 0.15) is 36.6 Å². The molecular weight excluding hydrogens is 461 g/mol. The lowest BCUT2D eigenvalue weighted by molar-refractivity contribution is -0.332. The van der Waals surface area contributed by atoms with Crippen molar-refractivity contribution in [1.82, 2.24) is 0 Å². The molecule has 0 aromatic rings. The first-order valence-corrected chi connectivity index (χ1v) is 11.6. The number of nitrogens with two attached hydrogens (primary N) is 1. The molecule has 0 spiro atoms. The van der Waals surface area contributed by atoms with Gasteiger partial charge in [-0.25, -0.2) is 5.90 Å². The van der Waals surface area contributed by atoms with Crippen molar-refractivity contribution in [3.8, 4) is 0 Å². The molecule has 0 radical (unpaired) electrons. The fraction of sp³-hybridized carbons (Fsp3) is 1.00. The molecule has 1 aliphatic heterocycles. The highest BCUT2D eigenvalue weighted by atomic mass is 31.2. The third kappa shape index (κ3) is 9.50. The first-order chi connectivity index (χ1) is 14.9. The predicted molar refractivity (Wildman–Crippen MR) is 104 cm³/mol. The fourth-order valence-electron chi connectivity index (χ4n) is 2.88. The lowest BCUT2D eigenvalue weighted by Gasteiger charge is -2.42. The molecule has 192 valence electrons. The molecule has 0 aliphatic carbocycles. The number of aliphatic hydroxyl groups is 6. The van der Waals surface area contributed by atoms with Gasteiger partial charge in [0.25, 0.3) is 0 Å². The van der Waals surface area contributed by atoms with E-state index in [1.54, 1.807) is 0 Å². The van der Waals surface area contributed by atoms with E-state index in [0.717, 1.165) is 0 Å². The van der Waals surface area contributed by atoms with Crippen molar-refractivity contribution in [3.63, 3.8) is 0 Å². The zero-order chi connectivity index (χ0) is 24.5. The van der Waals surface area contributed by atoms with Gasteiger partial charge in [-0.3, -0.25) is 4.57 Å². The first-order valence-electron chi connectivity index (χ1n) is 9.83. The Hall–Kier alpha value is -0.330. The summed E-state index contributed by atoms with van der Waals surface area (Å²) in [6, 6.07) is 0. The fourth-order valence-corrected chi connectivity index (χ4v) is 3.47. The maximum Gasteiger partial charge on any atom is 0.325 e. The van der Waals surface area contributed by atoms with Crippen molar-refractivity contribution in [3.05, 3.63) is 0 Å². The topological polar surface area (TPSA) is 251 Å². The highest BCUT2D eigenvalue weighted by Crippen LogP contribution is 2.37. The van der Waals surface area contributed by atoms with Crippen LogP contribution in [-0.4, -0.2) is 128 Å². The van der Waals surface area contributed by atoms with Crippen LogP contribution < -0.4 is 5.90 Å². The van der Waals surface area contributed by atoms with Crippen molar-refractivity contribution in [1.29, 1.82) is 0 Å². The molecule has 15 nitrogen and oxygen atoms in total. The van der Waals surface area contributed by atoms with Gasteiger partial charge in [0.15, 0.2) is 12.6 Å². The van der Waals surface area contributed by atoms with E-state index in [0.29, 0.717) is 0 Å². The largest absolute Gasteiger partial charge is 0.394 e. The highest BCUT2D eigenvalue weighted by Gasteiger charge is 2.45. The Labute approximate surface area is 184 Å². The number of aliphatic hydroxyl groups excluding tert-OH is 6.